The predicted octanol–water partition coefficient (Wildman–Crippen LogP) is 2.14. The van der Waals surface area contributed by atoms with Crippen LogP contribution in [0.25, 0.3) is 0 Å². The fourth-order valence-corrected chi connectivity index (χ4v) is 3.19. The molecule has 1 fully saturated rings. The van der Waals surface area contributed by atoms with E-state index in [2.05, 4.69) is 29.4 Å². The van der Waals surface area contributed by atoms with Gasteiger partial charge in [-0.15, -0.1) is 0 Å². The quantitative estimate of drug-likeness (QED) is 0.821. The second kappa shape index (κ2) is 4.73. The molecule has 2 heterocycles. The highest BCUT2D eigenvalue weighted by Crippen LogP contribution is 2.33. The number of rotatable bonds is 1. The summed E-state index contributed by atoms with van der Waals surface area (Å²) in [5, 5.41) is 3.07. The third-order valence-electron chi connectivity index (χ3n) is 4.38. The summed E-state index contributed by atoms with van der Waals surface area (Å²) in [4.78, 5) is 14.6. The first-order chi connectivity index (χ1) is 8.74. The Kier molecular flexibility index (Phi) is 3.08. The van der Waals surface area contributed by atoms with E-state index in [0.29, 0.717) is 5.92 Å². The van der Waals surface area contributed by atoms with Crippen molar-refractivity contribution in [1.29, 1.82) is 0 Å². The van der Waals surface area contributed by atoms with Gasteiger partial charge >= 0.3 is 0 Å². The van der Waals surface area contributed by atoms with Gasteiger partial charge in [0.25, 0.3) is 0 Å². The molecule has 96 valence electrons. The molecule has 3 heteroatoms. The number of para-hydroxylation sites is 1. The molecule has 1 saturated heterocycles. The molecule has 1 amide bonds. The van der Waals surface area contributed by atoms with Crippen molar-refractivity contribution >= 4 is 11.6 Å². The van der Waals surface area contributed by atoms with Gasteiger partial charge in [-0.1, -0.05) is 18.2 Å². The average Bonchev–Trinajstić information content (AvgIpc) is 2.39. The maximum atomic E-state index is 12.2. The molecule has 1 unspecified atom stereocenters. The minimum atomic E-state index is 0.175. The van der Waals surface area contributed by atoms with E-state index >= 15 is 0 Å². The Hall–Kier alpha value is -1.35. The topological polar surface area (TPSA) is 32.3 Å². The van der Waals surface area contributed by atoms with Crippen LogP contribution >= 0.6 is 0 Å². The summed E-state index contributed by atoms with van der Waals surface area (Å²) in [5.41, 5.74) is 2.30. The number of likely N-dealkylation sites (tertiary alicyclic amines) is 1. The molecular formula is C15H20N2O. The van der Waals surface area contributed by atoms with Crippen LogP contribution in [0, 0.1) is 11.8 Å². The van der Waals surface area contributed by atoms with Crippen LogP contribution < -0.4 is 5.32 Å². The highest BCUT2D eigenvalue weighted by atomic mass is 16.2. The molecule has 1 atom stereocenters. The van der Waals surface area contributed by atoms with Gasteiger partial charge < -0.3 is 10.2 Å². The van der Waals surface area contributed by atoms with Crippen LogP contribution in [0.5, 0.6) is 0 Å². The monoisotopic (exact) mass is 244 g/mol. The normalized spacial score (nSPS) is 25.6. The molecule has 2 aliphatic rings. The fraction of sp³-hybridized carbons (Fsp3) is 0.533. The maximum absolute atomic E-state index is 12.2. The zero-order valence-electron chi connectivity index (χ0n) is 10.9. The number of piperidine rings is 1. The highest BCUT2D eigenvalue weighted by molar-refractivity contribution is 5.95. The Morgan fingerprint density at radius 3 is 2.72 bits per heavy atom. The van der Waals surface area contributed by atoms with Crippen LogP contribution in [0.4, 0.5) is 5.69 Å². The molecule has 18 heavy (non-hydrogen) atoms. The summed E-state index contributed by atoms with van der Waals surface area (Å²) in [7, 11) is 2.16. The third kappa shape index (κ3) is 2.15. The summed E-state index contributed by atoms with van der Waals surface area (Å²) in [6, 6.07) is 8.17. The van der Waals surface area contributed by atoms with Crippen LogP contribution in [-0.4, -0.2) is 30.9 Å². The van der Waals surface area contributed by atoms with E-state index in [1.54, 1.807) is 0 Å². The van der Waals surface area contributed by atoms with E-state index in [1.165, 1.54) is 5.56 Å². The van der Waals surface area contributed by atoms with Crippen molar-refractivity contribution in [2.45, 2.75) is 19.3 Å². The molecule has 0 aromatic heterocycles. The number of amides is 1. The number of benzene rings is 1. The van der Waals surface area contributed by atoms with Gasteiger partial charge in [0.1, 0.15) is 0 Å². The molecule has 0 radical (unpaired) electrons. The van der Waals surface area contributed by atoms with E-state index < -0.39 is 0 Å². The van der Waals surface area contributed by atoms with Gasteiger partial charge in [0.15, 0.2) is 0 Å². The van der Waals surface area contributed by atoms with Crippen molar-refractivity contribution in [2.24, 2.45) is 11.8 Å². The lowest BCUT2D eigenvalue weighted by molar-refractivity contribution is -0.122. The second-order valence-corrected chi connectivity index (χ2v) is 5.60. The molecule has 2 aliphatic heterocycles. The second-order valence-electron chi connectivity index (χ2n) is 5.60. The van der Waals surface area contributed by atoms with Crippen molar-refractivity contribution in [2.75, 3.05) is 25.5 Å². The molecule has 3 rings (SSSR count). The number of fused-ring (bicyclic) bond motifs is 1. The molecule has 3 nitrogen and oxygen atoms in total. The lowest BCUT2D eigenvalue weighted by Crippen LogP contribution is -2.40. The first kappa shape index (κ1) is 11.7. The van der Waals surface area contributed by atoms with Gasteiger partial charge in [0, 0.05) is 11.6 Å². The highest BCUT2D eigenvalue weighted by Gasteiger charge is 2.34. The minimum absolute atomic E-state index is 0.175. The predicted molar refractivity (Wildman–Crippen MR) is 72.5 cm³/mol. The Morgan fingerprint density at radius 2 is 1.94 bits per heavy atom. The molecule has 1 aromatic rings. The summed E-state index contributed by atoms with van der Waals surface area (Å²) >= 11 is 0. The van der Waals surface area contributed by atoms with Gasteiger partial charge in [-0.25, -0.2) is 0 Å². The number of hydrogen-bond donors (Lipinski definition) is 1. The molecular weight excluding hydrogens is 224 g/mol. The first-order valence-electron chi connectivity index (χ1n) is 6.81. The van der Waals surface area contributed by atoms with Gasteiger partial charge in [0.05, 0.1) is 0 Å². The van der Waals surface area contributed by atoms with Crippen LogP contribution in [0.2, 0.25) is 0 Å². The lowest BCUT2D eigenvalue weighted by atomic mass is 9.78. The number of carbonyl (C=O) groups is 1. The molecule has 0 bridgehead atoms. The molecule has 0 aliphatic carbocycles. The molecule has 1 N–H and O–H groups in total. The van der Waals surface area contributed by atoms with Gasteiger partial charge in [-0.2, -0.15) is 0 Å². The van der Waals surface area contributed by atoms with Crippen molar-refractivity contribution in [1.82, 2.24) is 4.90 Å². The van der Waals surface area contributed by atoms with Crippen molar-refractivity contribution < 1.29 is 4.79 Å². The molecule has 0 spiro atoms. The maximum Gasteiger partial charge on any atom is 0.228 e. The van der Waals surface area contributed by atoms with E-state index in [-0.39, 0.29) is 11.8 Å². The van der Waals surface area contributed by atoms with Gasteiger partial charge in [0.2, 0.25) is 5.91 Å². The van der Waals surface area contributed by atoms with Crippen LogP contribution in [0.15, 0.2) is 24.3 Å². The molecule has 0 saturated carbocycles. The zero-order chi connectivity index (χ0) is 12.5. The molecule has 1 aromatic carbocycles. The van der Waals surface area contributed by atoms with Crippen LogP contribution in [-0.2, 0) is 11.2 Å². The summed E-state index contributed by atoms with van der Waals surface area (Å²) in [6.45, 7) is 2.24. The van der Waals surface area contributed by atoms with E-state index in [4.69, 9.17) is 0 Å². The number of anilines is 1. The minimum Gasteiger partial charge on any atom is -0.326 e. The van der Waals surface area contributed by atoms with Crippen molar-refractivity contribution in [3.8, 4) is 0 Å². The number of carbonyl (C=O) groups excluding carboxylic acids is 1. The van der Waals surface area contributed by atoms with E-state index in [1.807, 2.05) is 12.1 Å². The number of nitrogens with one attached hydrogen (secondary N) is 1. The Bertz CT molecular complexity index is 450. The largest absolute Gasteiger partial charge is 0.326 e. The van der Waals surface area contributed by atoms with Gasteiger partial charge in [-0.05, 0) is 56.9 Å². The summed E-state index contributed by atoms with van der Waals surface area (Å²) in [6.07, 6.45) is 3.21. The van der Waals surface area contributed by atoms with Gasteiger partial charge in [-0.3, -0.25) is 4.79 Å². The van der Waals surface area contributed by atoms with Crippen LogP contribution in [0.1, 0.15) is 18.4 Å². The third-order valence-corrected chi connectivity index (χ3v) is 4.38. The number of hydrogen-bond acceptors (Lipinski definition) is 2. The standard InChI is InChI=1S/C15H20N2O/c1-17-8-6-11(7-9-17)13-10-12-4-2-3-5-14(12)16-15(13)18/h2-5,11,13H,6-10H2,1H3,(H,16,18). The van der Waals surface area contributed by atoms with Crippen molar-refractivity contribution in [3.63, 3.8) is 0 Å². The first-order valence-corrected chi connectivity index (χ1v) is 6.81. The fourth-order valence-electron chi connectivity index (χ4n) is 3.19. The number of nitrogens with zero attached hydrogens (tertiary/aromatic N) is 1. The average molecular weight is 244 g/mol. The Balaban J connectivity index is 1.76. The summed E-state index contributed by atoms with van der Waals surface area (Å²) in [5.74, 6) is 0.950. The lowest BCUT2D eigenvalue weighted by Gasteiger charge is -2.36. The van der Waals surface area contributed by atoms with E-state index in [0.717, 1.165) is 38.0 Å². The zero-order valence-corrected chi connectivity index (χ0v) is 10.9. The van der Waals surface area contributed by atoms with E-state index in [9.17, 15) is 4.79 Å². The van der Waals surface area contributed by atoms with Crippen LogP contribution in [0.3, 0.4) is 0 Å². The summed E-state index contributed by atoms with van der Waals surface area (Å²) < 4.78 is 0. The SMILES string of the molecule is CN1CCC(C2Cc3ccccc3NC2=O)CC1. The smallest absolute Gasteiger partial charge is 0.228 e. The Labute approximate surface area is 108 Å². The Morgan fingerprint density at radius 1 is 1.22 bits per heavy atom. The van der Waals surface area contributed by atoms with Crippen molar-refractivity contribution in [3.05, 3.63) is 29.8 Å².